The second-order valence-electron chi connectivity index (χ2n) is 5.28. The van der Waals surface area contributed by atoms with Crippen LogP contribution in [0.4, 0.5) is 0 Å². The van der Waals surface area contributed by atoms with E-state index in [-0.39, 0.29) is 11.4 Å². The molecule has 0 amide bonds. The lowest BCUT2D eigenvalue weighted by Gasteiger charge is -2.17. The highest BCUT2D eigenvalue weighted by molar-refractivity contribution is 5.34. The van der Waals surface area contributed by atoms with E-state index in [4.69, 9.17) is 0 Å². The Morgan fingerprint density at radius 3 is 2.65 bits per heavy atom. The molecule has 0 aliphatic carbocycles. The number of hydrogen-bond acceptors (Lipinski definition) is 2. The molecule has 1 aliphatic heterocycles. The van der Waals surface area contributed by atoms with Crippen molar-refractivity contribution in [2.24, 2.45) is 0 Å². The van der Waals surface area contributed by atoms with E-state index in [1.807, 2.05) is 30.3 Å². The molecule has 0 N–H and O–H groups in total. The minimum absolute atomic E-state index is 0.126. The fourth-order valence-electron chi connectivity index (χ4n) is 2.87. The van der Waals surface area contributed by atoms with Gasteiger partial charge in [0.1, 0.15) is 5.69 Å². The summed E-state index contributed by atoms with van der Waals surface area (Å²) in [6, 6.07) is 9.58. The molecule has 0 spiro atoms. The second-order valence-corrected chi connectivity index (χ2v) is 5.28. The zero-order valence-electron chi connectivity index (χ0n) is 11.6. The topological polar surface area (TPSA) is 48.9 Å². The van der Waals surface area contributed by atoms with Crippen molar-refractivity contribution in [1.29, 1.82) is 0 Å². The first-order valence-corrected chi connectivity index (χ1v) is 7.11. The lowest BCUT2D eigenvalue weighted by atomic mass is 10.2. The highest BCUT2D eigenvalue weighted by Crippen LogP contribution is 2.15. The van der Waals surface area contributed by atoms with Gasteiger partial charge in [0.25, 0.3) is 5.82 Å². The molecule has 4 heteroatoms. The number of para-hydroxylation sites is 1. The van der Waals surface area contributed by atoms with Gasteiger partial charge in [0.15, 0.2) is 0 Å². The summed E-state index contributed by atoms with van der Waals surface area (Å²) in [4.78, 5) is 12.5. The Hall–Kier alpha value is -2.10. The first kappa shape index (κ1) is 12.9. The van der Waals surface area contributed by atoms with Gasteiger partial charge in [-0.1, -0.05) is 18.2 Å². The van der Waals surface area contributed by atoms with Crippen LogP contribution in [0.25, 0.3) is 5.69 Å². The monoisotopic (exact) mass is 270 g/mol. The lowest BCUT2D eigenvalue weighted by Crippen LogP contribution is -2.48. The highest BCUT2D eigenvalue weighted by Gasteiger charge is 2.24. The molecule has 4 nitrogen and oxygen atoms in total. The molecule has 0 radical (unpaired) electrons. The molecule has 0 saturated heterocycles. The van der Waals surface area contributed by atoms with Crippen molar-refractivity contribution < 1.29 is 9.67 Å². The minimum Gasteiger partial charge on any atom is -0.842 e. The van der Waals surface area contributed by atoms with Crippen molar-refractivity contribution in [3.8, 4) is 11.6 Å². The summed E-state index contributed by atoms with van der Waals surface area (Å²) in [5.74, 6) is 0.716. The number of benzene rings is 1. The summed E-state index contributed by atoms with van der Waals surface area (Å²) in [6.07, 6.45) is 3.90. The molecular formula is C16H18N2O2. The standard InChI is InChI=1S/C16H18N2O2/c1-12-15(19)17-11-7-3-6-10-14(17)18(16(12)20)13-8-4-2-5-9-13/h2,4-5,8-9H,3,6-7,10-11H2,1H3. The number of aromatic nitrogens is 2. The van der Waals surface area contributed by atoms with Crippen molar-refractivity contribution in [3.05, 3.63) is 52.1 Å². The largest absolute Gasteiger partial charge is 0.842 e. The van der Waals surface area contributed by atoms with Crippen molar-refractivity contribution in [3.63, 3.8) is 0 Å². The van der Waals surface area contributed by atoms with Crippen LogP contribution < -0.4 is 15.2 Å². The normalized spacial score (nSPS) is 14.7. The van der Waals surface area contributed by atoms with Crippen molar-refractivity contribution in [1.82, 2.24) is 4.57 Å². The maximum Gasteiger partial charge on any atom is 0.344 e. The SMILES string of the molecule is Cc1c([O-])[n+]2c(n(-c3ccccc3)c1=O)CCCCC2. The van der Waals surface area contributed by atoms with Crippen molar-refractivity contribution in [2.45, 2.75) is 39.2 Å². The molecule has 1 aromatic carbocycles. The van der Waals surface area contributed by atoms with Gasteiger partial charge in [-0.15, -0.1) is 0 Å². The molecule has 0 fully saturated rings. The average molecular weight is 270 g/mol. The van der Waals surface area contributed by atoms with Gasteiger partial charge in [-0.3, -0.25) is 0 Å². The van der Waals surface area contributed by atoms with Gasteiger partial charge in [0.05, 0.1) is 18.0 Å². The van der Waals surface area contributed by atoms with E-state index >= 15 is 0 Å². The maximum absolute atomic E-state index is 12.5. The second kappa shape index (κ2) is 5.12. The number of hydrogen-bond donors (Lipinski definition) is 0. The van der Waals surface area contributed by atoms with Gasteiger partial charge < -0.3 is 5.11 Å². The molecule has 104 valence electrons. The predicted octanol–water partition coefficient (Wildman–Crippen LogP) is 1.23. The van der Waals surface area contributed by atoms with Crippen LogP contribution in [-0.2, 0) is 13.0 Å². The van der Waals surface area contributed by atoms with Crippen LogP contribution in [-0.4, -0.2) is 4.57 Å². The third-order valence-electron chi connectivity index (χ3n) is 3.96. The first-order valence-electron chi connectivity index (χ1n) is 7.11. The van der Waals surface area contributed by atoms with Crippen LogP contribution in [0.5, 0.6) is 5.88 Å². The summed E-state index contributed by atoms with van der Waals surface area (Å²) >= 11 is 0. The number of nitrogens with zero attached hydrogens (tertiary/aromatic N) is 2. The van der Waals surface area contributed by atoms with Gasteiger partial charge in [0.2, 0.25) is 0 Å². The molecule has 0 saturated carbocycles. The molecular weight excluding hydrogens is 252 g/mol. The van der Waals surface area contributed by atoms with Gasteiger partial charge in [-0.2, -0.15) is 4.57 Å². The molecule has 20 heavy (non-hydrogen) atoms. The van der Waals surface area contributed by atoms with E-state index in [2.05, 4.69) is 0 Å². The Morgan fingerprint density at radius 2 is 1.90 bits per heavy atom. The Bertz CT molecular complexity index is 690. The molecule has 2 aromatic rings. The van der Waals surface area contributed by atoms with E-state index in [0.29, 0.717) is 12.1 Å². The van der Waals surface area contributed by atoms with Crippen LogP contribution in [0.3, 0.4) is 0 Å². The van der Waals surface area contributed by atoms with E-state index in [9.17, 15) is 9.90 Å². The third kappa shape index (κ3) is 2.01. The zero-order valence-corrected chi connectivity index (χ0v) is 11.6. The molecule has 0 atom stereocenters. The number of fused-ring (bicyclic) bond motifs is 1. The highest BCUT2D eigenvalue weighted by atomic mass is 16.3. The first-order chi connectivity index (χ1) is 9.70. The van der Waals surface area contributed by atoms with Gasteiger partial charge in [-0.05, 0) is 38.3 Å². The fourth-order valence-corrected chi connectivity index (χ4v) is 2.87. The summed E-state index contributed by atoms with van der Waals surface area (Å²) in [7, 11) is 0. The van der Waals surface area contributed by atoms with Crippen molar-refractivity contribution in [2.75, 3.05) is 0 Å². The van der Waals surface area contributed by atoms with Crippen molar-refractivity contribution >= 4 is 0 Å². The quantitative estimate of drug-likeness (QED) is 0.732. The van der Waals surface area contributed by atoms with Crippen LogP contribution >= 0.6 is 0 Å². The van der Waals surface area contributed by atoms with E-state index < -0.39 is 0 Å². The molecule has 0 unspecified atom stereocenters. The Labute approximate surface area is 117 Å². The van der Waals surface area contributed by atoms with E-state index in [1.54, 1.807) is 16.1 Å². The minimum atomic E-state index is -0.186. The zero-order chi connectivity index (χ0) is 14.1. The smallest absolute Gasteiger partial charge is 0.344 e. The Kier molecular flexibility index (Phi) is 3.30. The number of rotatable bonds is 1. The summed E-state index contributed by atoms with van der Waals surface area (Å²) in [6.45, 7) is 2.34. The summed E-state index contributed by atoms with van der Waals surface area (Å²) in [5, 5.41) is 12.3. The van der Waals surface area contributed by atoms with E-state index in [1.165, 1.54) is 0 Å². The summed E-state index contributed by atoms with van der Waals surface area (Å²) < 4.78 is 3.50. The van der Waals surface area contributed by atoms with Gasteiger partial charge >= 0.3 is 5.56 Å². The van der Waals surface area contributed by atoms with Crippen LogP contribution in [0.15, 0.2) is 35.1 Å². The maximum atomic E-state index is 12.5. The lowest BCUT2D eigenvalue weighted by molar-refractivity contribution is -0.744. The molecule has 3 rings (SSSR count). The van der Waals surface area contributed by atoms with Crippen LogP contribution in [0.2, 0.25) is 0 Å². The van der Waals surface area contributed by atoms with E-state index in [0.717, 1.165) is 37.2 Å². The molecule has 1 aromatic heterocycles. The molecule has 0 bridgehead atoms. The Morgan fingerprint density at radius 1 is 1.15 bits per heavy atom. The van der Waals surface area contributed by atoms with Crippen LogP contribution in [0, 0.1) is 6.92 Å². The Balaban J connectivity index is 2.34. The predicted molar refractivity (Wildman–Crippen MR) is 74.0 cm³/mol. The fraction of sp³-hybridized carbons (Fsp3) is 0.375. The van der Waals surface area contributed by atoms with Crippen LogP contribution in [0.1, 0.15) is 30.7 Å². The third-order valence-corrected chi connectivity index (χ3v) is 3.96. The molecule has 2 heterocycles. The molecule has 1 aliphatic rings. The van der Waals surface area contributed by atoms with Gasteiger partial charge in [0, 0.05) is 6.42 Å². The van der Waals surface area contributed by atoms with Gasteiger partial charge in [-0.25, -0.2) is 9.36 Å². The average Bonchev–Trinajstić information content (AvgIpc) is 2.72. The summed E-state index contributed by atoms with van der Waals surface area (Å²) in [5.41, 5.74) is 0.958.